The molecule has 0 radical (unpaired) electrons. The third kappa shape index (κ3) is 1.92. The smallest absolute Gasteiger partial charge is 0.259 e. The topological polar surface area (TPSA) is 43.1 Å². The number of nitrogens with two attached hydrogens (primary N) is 1. The van der Waals surface area contributed by atoms with E-state index in [4.69, 9.17) is 5.73 Å². The molecule has 2 rings (SSSR count). The fraction of sp³-hybridized carbons (Fsp3) is 0.0833. The van der Waals surface area contributed by atoms with E-state index in [2.05, 4.69) is 0 Å². The molecule has 0 fully saturated rings. The Balaban J connectivity index is 2.48. The summed E-state index contributed by atoms with van der Waals surface area (Å²) in [6.07, 6.45) is 0. The van der Waals surface area contributed by atoms with Crippen molar-refractivity contribution >= 4 is 17.2 Å². The standard InChI is InChI=1S/C12H11NOS/c1-8-7-10(15-11(8)12(13)14)9-5-3-2-4-6-9/h2-7H,1H3,(H2,13,14). The molecule has 1 aromatic carbocycles. The first-order valence-electron chi connectivity index (χ1n) is 4.64. The molecule has 15 heavy (non-hydrogen) atoms. The Hall–Kier alpha value is -1.61. The van der Waals surface area contributed by atoms with Crippen LogP contribution in [-0.4, -0.2) is 5.91 Å². The van der Waals surface area contributed by atoms with Crippen LogP contribution >= 0.6 is 11.3 Å². The number of hydrogen-bond acceptors (Lipinski definition) is 2. The van der Waals surface area contributed by atoms with Gasteiger partial charge in [0, 0.05) is 4.88 Å². The van der Waals surface area contributed by atoms with Gasteiger partial charge in [0.15, 0.2) is 0 Å². The maximum atomic E-state index is 11.1. The number of benzene rings is 1. The lowest BCUT2D eigenvalue weighted by atomic mass is 10.1. The molecule has 0 aliphatic rings. The molecule has 3 heteroatoms. The van der Waals surface area contributed by atoms with Crippen LogP contribution in [0.2, 0.25) is 0 Å². The van der Waals surface area contributed by atoms with Gasteiger partial charge in [-0.25, -0.2) is 0 Å². The SMILES string of the molecule is Cc1cc(-c2ccccc2)sc1C(N)=O. The number of carbonyl (C=O) groups is 1. The van der Waals surface area contributed by atoms with Crippen LogP contribution in [0.4, 0.5) is 0 Å². The number of aryl methyl sites for hydroxylation is 1. The number of thiophene rings is 1. The van der Waals surface area contributed by atoms with Gasteiger partial charge in [0.05, 0.1) is 4.88 Å². The fourth-order valence-corrected chi connectivity index (χ4v) is 2.50. The highest BCUT2D eigenvalue weighted by atomic mass is 32.1. The molecule has 1 aromatic heterocycles. The Morgan fingerprint density at radius 3 is 2.47 bits per heavy atom. The van der Waals surface area contributed by atoms with Crippen LogP contribution in [0, 0.1) is 6.92 Å². The summed E-state index contributed by atoms with van der Waals surface area (Å²) in [6.45, 7) is 1.91. The summed E-state index contributed by atoms with van der Waals surface area (Å²) in [4.78, 5) is 12.8. The molecule has 0 saturated carbocycles. The van der Waals surface area contributed by atoms with E-state index in [0.29, 0.717) is 4.88 Å². The summed E-state index contributed by atoms with van der Waals surface area (Å²) in [5, 5.41) is 0. The van der Waals surface area contributed by atoms with Crippen LogP contribution in [0.25, 0.3) is 10.4 Å². The van der Waals surface area contributed by atoms with Crippen molar-refractivity contribution in [2.24, 2.45) is 5.73 Å². The molecule has 2 N–H and O–H groups in total. The van der Waals surface area contributed by atoms with Crippen molar-refractivity contribution < 1.29 is 4.79 Å². The minimum absolute atomic E-state index is 0.348. The molecule has 0 atom stereocenters. The quantitative estimate of drug-likeness (QED) is 0.825. The first-order chi connectivity index (χ1) is 7.18. The zero-order valence-corrected chi connectivity index (χ0v) is 9.17. The van der Waals surface area contributed by atoms with E-state index in [9.17, 15) is 4.79 Å². The average molecular weight is 217 g/mol. The van der Waals surface area contributed by atoms with Crippen molar-refractivity contribution in [3.63, 3.8) is 0 Å². The zero-order chi connectivity index (χ0) is 10.8. The van der Waals surface area contributed by atoms with Gasteiger partial charge in [-0.15, -0.1) is 11.3 Å². The number of primary amides is 1. The number of rotatable bonds is 2. The Bertz CT molecular complexity index is 488. The van der Waals surface area contributed by atoms with Gasteiger partial charge >= 0.3 is 0 Å². The lowest BCUT2D eigenvalue weighted by Crippen LogP contribution is -2.09. The summed E-state index contributed by atoms with van der Waals surface area (Å²) in [6, 6.07) is 12.0. The number of carbonyl (C=O) groups excluding carboxylic acids is 1. The average Bonchev–Trinajstić information content (AvgIpc) is 2.62. The van der Waals surface area contributed by atoms with Crippen LogP contribution in [0.1, 0.15) is 15.2 Å². The maximum absolute atomic E-state index is 11.1. The number of amides is 1. The second kappa shape index (κ2) is 3.87. The van der Waals surface area contributed by atoms with Crippen molar-refractivity contribution in [1.29, 1.82) is 0 Å². The van der Waals surface area contributed by atoms with E-state index in [1.807, 2.05) is 43.3 Å². The molecule has 2 nitrogen and oxygen atoms in total. The monoisotopic (exact) mass is 217 g/mol. The Kier molecular flexibility index (Phi) is 2.56. The molecular formula is C12H11NOS. The minimum Gasteiger partial charge on any atom is -0.365 e. The predicted molar refractivity (Wildman–Crippen MR) is 63.0 cm³/mol. The molecule has 76 valence electrons. The molecule has 2 aromatic rings. The first kappa shape index (κ1) is 9.93. The van der Waals surface area contributed by atoms with Gasteiger partial charge in [0.2, 0.25) is 0 Å². The summed E-state index contributed by atoms with van der Waals surface area (Å²) in [5.41, 5.74) is 7.35. The van der Waals surface area contributed by atoms with Crippen molar-refractivity contribution in [2.75, 3.05) is 0 Å². The highest BCUT2D eigenvalue weighted by Crippen LogP contribution is 2.30. The summed E-state index contributed by atoms with van der Waals surface area (Å²) in [7, 11) is 0. The first-order valence-corrected chi connectivity index (χ1v) is 5.46. The largest absolute Gasteiger partial charge is 0.365 e. The Morgan fingerprint density at radius 2 is 1.93 bits per heavy atom. The van der Waals surface area contributed by atoms with Crippen molar-refractivity contribution in [1.82, 2.24) is 0 Å². The van der Waals surface area contributed by atoms with Crippen LogP contribution in [0.5, 0.6) is 0 Å². The zero-order valence-electron chi connectivity index (χ0n) is 8.36. The molecule has 0 unspecified atom stereocenters. The molecular weight excluding hydrogens is 206 g/mol. The molecule has 1 amide bonds. The Labute approximate surface area is 92.4 Å². The third-order valence-corrected chi connectivity index (χ3v) is 3.50. The molecule has 0 saturated heterocycles. The van der Waals surface area contributed by atoms with E-state index in [1.54, 1.807) is 0 Å². The minimum atomic E-state index is -0.348. The van der Waals surface area contributed by atoms with Gasteiger partial charge in [0.1, 0.15) is 0 Å². The summed E-state index contributed by atoms with van der Waals surface area (Å²) in [5.74, 6) is -0.348. The Morgan fingerprint density at radius 1 is 1.27 bits per heavy atom. The number of hydrogen-bond donors (Lipinski definition) is 1. The lowest BCUT2D eigenvalue weighted by Gasteiger charge is -1.94. The van der Waals surface area contributed by atoms with Crippen molar-refractivity contribution in [3.05, 3.63) is 46.8 Å². The normalized spacial score (nSPS) is 10.2. The highest BCUT2D eigenvalue weighted by molar-refractivity contribution is 7.17. The van der Waals surface area contributed by atoms with Gasteiger partial charge in [-0.05, 0) is 24.1 Å². The molecule has 1 heterocycles. The van der Waals surface area contributed by atoms with Gasteiger partial charge < -0.3 is 5.73 Å². The second-order valence-corrected chi connectivity index (χ2v) is 4.41. The highest BCUT2D eigenvalue weighted by Gasteiger charge is 2.10. The van der Waals surface area contributed by atoms with Gasteiger partial charge in [0.25, 0.3) is 5.91 Å². The third-order valence-electron chi connectivity index (χ3n) is 2.20. The molecule has 0 spiro atoms. The van der Waals surface area contributed by atoms with E-state index in [1.165, 1.54) is 11.3 Å². The maximum Gasteiger partial charge on any atom is 0.259 e. The van der Waals surface area contributed by atoms with E-state index < -0.39 is 0 Å². The van der Waals surface area contributed by atoms with E-state index in [-0.39, 0.29) is 5.91 Å². The molecule has 0 aliphatic carbocycles. The second-order valence-electron chi connectivity index (χ2n) is 3.35. The molecule has 0 aliphatic heterocycles. The van der Waals surface area contributed by atoms with E-state index >= 15 is 0 Å². The summed E-state index contributed by atoms with van der Waals surface area (Å²) >= 11 is 1.45. The molecule has 0 bridgehead atoms. The van der Waals surface area contributed by atoms with Crippen molar-refractivity contribution in [3.8, 4) is 10.4 Å². The van der Waals surface area contributed by atoms with Gasteiger partial charge in [-0.2, -0.15) is 0 Å². The predicted octanol–water partition coefficient (Wildman–Crippen LogP) is 2.82. The van der Waals surface area contributed by atoms with Crippen LogP contribution in [0.15, 0.2) is 36.4 Å². The fourth-order valence-electron chi connectivity index (χ4n) is 1.47. The van der Waals surface area contributed by atoms with Gasteiger partial charge in [-0.1, -0.05) is 30.3 Å². The van der Waals surface area contributed by atoms with Crippen LogP contribution < -0.4 is 5.73 Å². The van der Waals surface area contributed by atoms with Crippen LogP contribution in [0.3, 0.4) is 0 Å². The van der Waals surface area contributed by atoms with Gasteiger partial charge in [-0.3, -0.25) is 4.79 Å². The van der Waals surface area contributed by atoms with Crippen LogP contribution in [-0.2, 0) is 0 Å². The lowest BCUT2D eigenvalue weighted by molar-refractivity contribution is 0.100. The van der Waals surface area contributed by atoms with Crippen molar-refractivity contribution in [2.45, 2.75) is 6.92 Å². The van der Waals surface area contributed by atoms with E-state index in [0.717, 1.165) is 16.0 Å². The summed E-state index contributed by atoms with van der Waals surface area (Å²) < 4.78 is 0.